The number of aliphatic hydroxyl groups is 1. The van der Waals surface area contributed by atoms with Crippen molar-refractivity contribution in [3.8, 4) is 0 Å². The molecule has 12 atom stereocenters. The van der Waals surface area contributed by atoms with Crippen LogP contribution >= 0.6 is 0 Å². The zero-order valence-corrected chi connectivity index (χ0v) is 33.6. The van der Waals surface area contributed by atoms with Crippen LogP contribution in [0.3, 0.4) is 0 Å². The first-order valence-corrected chi connectivity index (χ1v) is 22.0. The van der Waals surface area contributed by atoms with Gasteiger partial charge in [-0.1, -0.05) is 47.0 Å². The number of nitrogens with one attached hydrogen (secondary N) is 2. The average molecular weight is 726 g/mol. The van der Waals surface area contributed by atoms with Gasteiger partial charge in [0.15, 0.2) is 0 Å². The lowest BCUT2D eigenvalue weighted by molar-refractivity contribution is -0.122. The van der Waals surface area contributed by atoms with Gasteiger partial charge in [-0.3, -0.25) is 9.69 Å². The summed E-state index contributed by atoms with van der Waals surface area (Å²) in [7, 11) is 2.14. The van der Waals surface area contributed by atoms with Gasteiger partial charge in [-0.25, -0.2) is 4.79 Å². The number of rotatable bonds is 11. The lowest BCUT2D eigenvalue weighted by Gasteiger charge is -2.61. The summed E-state index contributed by atoms with van der Waals surface area (Å²) in [6, 6.07) is 0.632. The molecule has 0 bridgehead atoms. The number of piperazine rings is 1. The molecule has 9 unspecified atom stereocenters. The molecule has 296 valence electrons. The molecule has 0 aromatic heterocycles. The minimum atomic E-state index is 0.0784. The van der Waals surface area contributed by atoms with Gasteiger partial charge >= 0.3 is 6.03 Å². The summed E-state index contributed by atoms with van der Waals surface area (Å²) in [4.78, 5) is 33.5. The van der Waals surface area contributed by atoms with Crippen LogP contribution in [0.2, 0.25) is 0 Å². The molecule has 7 fully saturated rings. The van der Waals surface area contributed by atoms with E-state index in [1.165, 1.54) is 57.8 Å². The van der Waals surface area contributed by atoms with Crippen molar-refractivity contribution in [1.82, 2.24) is 25.3 Å². The normalized spacial score (nSPS) is 41.7. The second-order valence-corrected chi connectivity index (χ2v) is 19.7. The second kappa shape index (κ2) is 16.4. The second-order valence-electron chi connectivity index (χ2n) is 19.7. The predicted molar refractivity (Wildman–Crippen MR) is 207 cm³/mol. The molecule has 7 rings (SSSR count). The minimum absolute atomic E-state index is 0.0784. The van der Waals surface area contributed by atoms with Crippen LogP contribution in [0.4, 0.5) is 4.79 Å². The van der Waals surface area contributed by atoms with Crippen molar-refractivity contribution in [3.63, 3.8) is 0 Å². The van der Waals surface area contributed by atoms with Gasteiger partial charge in [0.1, 0.15) is 0 Å². The van der Waals surface area contributed by atoms with E-state index in [0.717, 1.165) is 82.5 Å². The summed E-state index contributed by atoms with van der Waals surface area (Å²) in [5.74, 6) is 4.81. The predicted octanol–water partition coefficient (Wildman–Crippen LogP) is 6.14. The molecule has 5 aliphatic carbocycles. The SMILES string of the molecule is CC(CO)CC[C@H]1OC2CC3C4CCC5C[C@H](NC(=O)N(CCNC(=O)CN6CCN(C)CC6)C6CCCCC6)CCC5(C)C4CCC3(C)C2[C@@H]1C. The van der Waals surface area contributed by atoms with Crippen LogP contribution in [-0.4, -0.2) is 116 Å². The molecule has 0 aromatic rings. The number of nitrogens with zero attached hydrogens (tertiary/aromatic N) is 3. The first-order valence-electron chi connectivity index (χ1n) is 22.0. The Hall–Kier alpha value is -1.42. The highest BCUT2D eigenvalue weighted by Crippen LogP contribution is 2.70. The number of ether oxygens (including phenoxy) is 1. The maximum atomic E-state index is 14.1. The van der Waals surface area contributed by atoms with Crippen LogP contribution in [-0.2, 0) is 9.53 Å². The fourth-order valence-corrected chi connectivity index (χ4v) is 13.6. The number of urea groups is 1. The molecule has 9 heteroatoms. The highest BCUT2D eigenvalue weighted by Gasteiger charge is 2.65. The Labute approximate surface area is 316 Å². The fourth-order valence-electron chi connectivity index (χ4n) is 13.6. The van der Waals surface area contributed by atoms with Crippen LogP contribution < -0.4 is 10.6 Å². The van der Waals surface area contributed by atoms with Crippen LogP contribution in [0.25, 0.3) is 0 Å². The highest BCUT2D eigenvalue weighted by molar-refractivity contribution is 5.78. The van der Waals surface area contributed by atoms with E-state index in [4.69, 9.17) is 4.74 Å². The van der Waals surface area contributed by atoms with E-state index in [2.05, 4.69) is 60.1 Å². The molecule has 9 nitrogen and oxygen atoms in total. The fraction of sp³-hybridized carbons (Fsp3) is 0.953. The molecule has 3 amide bonds. The van der Waals surface area contributed by atoms with E-state index < -0.39 is 0 Å². The zero-order valence-electron chi connectivity index (χ0n) is 33.6. The quantitative estimate of drug-likeness (QED) is 0.237. The van der Waals surface area contributed by atoms with Crippen LogP contribution in [0.15, 0.2) is 0 Å². The van der Waals surface area contributed by atoms with E-state index in [9.17, 15) is 14.7 Å². The number of carbonyl (C=O) groups excluding carboxylic acids is 2. The number of likely N-dealkylation sites (N-methyl/N-ethyl adjacent to an activating group) is 1. The summed E-state index contributed by atoms with van der Waals surface area (Å²) < 4.78 is 6.90. The largest absolute Gasteiger partial charge is 0.396 e. The summed E-state index contributed by atoms with van der Waals surface area (Å²) in [6.07, 6.45) is 18.8. The Morgan fingerprint density at radius 3 is 2.44 bits per heavy atom. The highest BCUT2D eigenvalue weighted by atomic mass is 16.5. The summed E-state index contributed by atoms with van der Waals surface area (Å²) in [5.41, 5.74) is 0.763. The van der Waals surface area contributed by atoms with Crippen molar-refractivity contribution in [1.29, 1.82) is 0 Å². The van der Waals surface area contributed by atoms with Crippen molar-refractivity contribution in [2.45, 2.75) is 148 Å². The number of carbonyl (C=O) groups is 2. The van der Waals surface area contributed by atoms with E-state index in [1.807, 2.05) is 0 Å². The first-order chi connectivity index (χ1) is 25.0. The van der Waals surface area contributed by atoms with Gasteiger partial charge in [-0.15, -0.1) is 0 Å². The molecule has 3 N–H and O–H groups in total. The lowest BCUT2D eigenvalue weighted by Crippen LogP contribution is -2.57. The molecule has 2 saturated heterocycles. The topological polar surface area (TPSA) is 97.4 Å². The van der Waals surface area contributed by atoms with Crippen molar-refractivity contribution in [2.75, 3.05) is 59.5 Å². The van der Waals surface area contributed by atoms with Crippen molar-refractivity contribution in [3.05, 3.63) is 0 Å². The Morgan fingerprint density at radius 2 is 1.69 bits per heavy atom. The smallest absolute Gasteiger partial charge is 0.317 e. The van der Waals surface area contributed by atoms with Gasteiger partial charge in [0.05, 0.1) is 18.8 Å². The van der Waals surface area contributed by atoms with Gasteiger partial charge in [0.2, 0.25) is 5.91 Å². The van der Waals surface area contributed by atoms with Crippen molar-refractivity contribution < 1.29 is 19.4 Å². The first kappa shape index (κ1) is 38.8. The Morgan fingerprint density at radius 1 is 0.942 bits per heavy atom. The molecule has 2 heterocycles. The molecule has 5 saturated carbocycles. The Balaban J connectivity index is 0.926. The van der Waals surface area contributed by atoms with Gasteiger partial charge in [-0.2, -0.15) is 0 Å². The number of aliphatic hydroxyl groups excluding tert-OH is 1. The van der Waals surface area contributed by atoms with E-state index in [-0.39, 0.29) is 30.6 Å². The average Bonchev–Trinajstić information content (AvgIpc) is 3.62. The third-order valence-electron chi connectivity index (χ3n) is 16.8. The van der Waals surface area contributed by atoms with E-state index in [0.29, 0.717) is 66.3 Å². The molecule has 7 aliphatic rings. The molecule has 0 spiro atoms. The van der Waals surface area contributed by atoms with Crippen LogP contribution in [0.1, 0.15) is 124 Å². The third-order valence-corrected chi connectivity index (χ3v) is 16.8. The van der Waals surface area contributed by atoms with E-state index >= 15 is 0 Å². The van der Waals surface area contributed by atoms with Gasteiger partial charge in [0.25, 0.3) is 0 Å². The maximum Gasteiger partial charge on any atom is 0.317 e. The Bertz CT molecular complexity index is 1220. The maximum absolute atomic E-state index is 14.1. The van der Waals surface area contributed by atoms with Gasteiger partial charge in [0, 0.05) is 58.0 Å². The van der Waals surface area contributed by atoms with Gasteiger partial charge in [-0.05, 0) is 136 Å². The van der Waals surface area contributed by atoms with Crippen molar-refractivity contribution >= 4 is 11.9 Å². The number of hydrogen-bond donors (Lipinski definition) is 3. The van der Waals surface area contributed by atoms with Gasteiger partial charge < -0.3 is 30.3 Å². The summed E-state index contributed by atoms with van der Waals surface area (Å²) in [5, 5.41) is 16.3. The number of hydrogen-bond acceptors (Lipinski definition) is 6. The molecular weight excluding hydrogens is 651 g/mol. The monoisotopic (exact) mass is 726 g/mol. The summed E-state index contributed by atoms with van der Waals surface area (Å²) >= 11 is 0. The van der Waals surface area contributed by atoms with E-state index in [1.54, 1.807) is 0 Å². The minimum Gasteiger partial charge on any atom is -0.396 e. The number of amides is 3. The molecule has 0 aromatic carbocycles. The third kappa shape index (κ3) is 7.82. The summed E-state index contributed by atoms with van der Waals surface area (Å²) in [6.45, 7) is 15.7. The molecule has 2 aliphatic heterocycles. The standard InChI is InChI=1S/C43H75N5O4/c1-29(28-49)11-14-37-30(2)40-38(52-37)26-36-34-13-12-31-25-32(15-17-42(31,3)35(34)16-18-43(36,40)4)45-41(51)48(33-9-7-6-8-10-33)20-19-44-39(50)27-47-23-21-46(5)22-24-47/h29-38,40,49H,6-28H2,1-5H3,(H,44,50)(H,45,51)/t29?,30-,31?,32-,34?,35?,36?,37-,38?,40?,42?,43?/m1/s1. The molecule has 0 radical (unpaired) electrons. The van der Waals surface area contributed by atoms with Crippen LogP contribution in [0, 0.1) is 52.3 Å². The van der Waals surface area contributed by atoms with Crippen molar-refractivity contribution in [2.24, 2.45) is 52.3 Å². The zero-order chi connectivity index (χ0) is 36.6. The lowest BCUT2D eigenvalue weighted by atomic mass is 9.44. The number of fused-ring (bicyclic) bond motifs is 7. The molecule has 52 heavy (non-hydrogen) atoms. The Kier molecular flexibility index (Phi) is 12.2. The van der Waals surface area contributed by atoms with Crippen LogP contribution in [0.5, 0.6) is 0 Å². The molecular formula is C43H75N5O4.